The van der Waals surface area contributed by atoms with E-state index in [4.69, 9.17) is 14.0 Å². The monoisotopic (exact) mass is 522 g/mol. The molecule has 0 spiro atoms. The van der Waals surface area contributed by atoms with E-state index in [1.165, 1.54) is 7.11 Å². The van der Waals surface area contributed by atoms with Crippen LogP contribution in [0.15, 0.2) is 68.9 Å². The number of amides is 1. The summed E-state index contributed by atoms with van der Waals surface area (Å²) in [5.74, 6) is -1.64. The van der Waals surface area contributed by atoms with Crippen LogP contribution in [-0.2, 0) is 4.74 Å². The molecule has 0 aliphatic carbocycles. The van der Waals surface area contributed by atoms with Crippen molar-refractivity contribution in [3.63, 3.8) is 0 Å². The van der Waals surface area contributed by atoms with Gasteiger partial charge in [0.25, 0.3) is 5.91 Å². The lowest BCUT2D eigenvalue weighted by atomic mass is 10.1. The highest BCUT2D eigenvalue weighted by molar-refractivity contribution is 7.18. The molecule has 12 heteroatoms. The third-order valence-electron chi connectivity index (χ3n) is 5.23. The molecule has 1 amide bonds. The fraction of sp³-hybridized carbons (Fsp3) is 0.160. The van der Waals surface area contributed by atoms with E-state index >= 15 is 0 Å². The number of aromatic amines is 1. The van der Waals surface area contributed by atoms with Gasteiger partial charge in [0.15, 0.2) is 0 Å². The van der Waals surface area contributed by atoms with Crippen molar-refractivity contribution in [1.82, 2.24) is 5.27 Å². The van der Waals surface area contributed by atoms with Crippen molar-refractivity contribution in [2.75, 3.05) is 19.0 Å². The second kappa shape index (κ2) is 10.9. The van der Waals surface area contributed by atoms with Gasteiger partial charge < -0.3 is 19.9 Å². The van der Waals surface area contributed by atoms with Gasteiger partial charge in [0, 0.05) is 17.8 Å². The van der Waals surface area contributed by atoms with Gasteiger partial charge in [-0.3, -0.25) is 9.32 Å². The molecule has 0 saturated carbocycles. The second-order valence-electron chi connectivity index (χ2n) is 7.56. The average molecular weight is 523 g/mol. The van der Waals surface area contributed by atoms with Crippen LogP contribution in [0.5, 0.6) is 5.75 Å². The molecule has 37 heavy (non-hydrogen) atoms. The van der Waals surface area contributed by atoms with E-state index in [1.54, 1.807) is 62.4 Å². The Morgan fingerprint density at radius 1 is 1.16 bits per heavy atom. The summed E-state index contributed by atoms with van der Waals surface area (Å²) in [6, 6.07) is 15.2. The molecule has 0 aliphatic heterocycles. The zero-order valence-electron chi connectivity index (χ0n) is 20.1. The van der Waals surface area contributed by atoms with Gasteiger partial charge in [-0.15, -0.1) is 11.3 Å². The highest BCUT2D eigenvalue weighted by Gasteiger charge is 2.28. The van der Waals surface area contributed by atoms with Crippen molar-refractivity contribution in [1.29, 1.82) is 0 Å². The summed E-state index contributed by atoms with van der Waals surface area (Å²) in [7, 11) is 1.51. The molecule has 0 saturated heterocycles. The van der Waals surface area contributed by atoms with Crippen LogP contribution in [0.25, 0.3) is 5.69 Å². The van der Waals surface area contributed by atoms with Crippen LogP contribution in [-0.4, -0.2) is 36.8 Å². The number of rotatable bonds is 8. The van der Waals surface area contributed by atoms with Gasteiger partial charge in [-0.25, -0.2) is 14.6 Å². The minimum atomic E-state index is -0.979. The number of ether oxygens (including phenoxy) is 2. The lowest BCUT2D eigenvalue weighted by Gasteiger charge is -2.06. The number of benzene rings is 2. The van der Waals surface area contributed by atoms with Gasteiger partial charge in [0.2, 0.25) is 5.69 Å². The Hall–Kier alpha value is -4.71. The van der Waals surface area contributed by atoms with Gasteiger partial charge in [0.1, 0.15) is 16.3 Å². The average Bonchev–Trinajstić information content (AvgIpc) is 3.44. The predicted molar refractivity (Wildman–Crippen MR) is 133 cm³/mol. The molecular formula is C25H22N4O7S. The fourth-order valence-electron chi connectivity index (χ4n) is 3.46. The van der Waals surface area contributed by atoms with Gasteiger partial charge in [0.05, 0.1) is 24.5 Å². The van der Waals surface area contributed by atoms with Crippen molar-refractivity contribution in [2.45, 2.75) is 13.8 Å². The Morgan fingerprint density at radius 3 is 2.51 bits per heavy atom. The maximum atomic E-state index is 13.2. The molecule has 190 valence electrons. The first-order valence-electron chi connectivity index (χ1n) is 11.0. The first-order chi connectivity index (χ1) is 17.8. The van der Waals surface area contributed by atoms with Crippen molar-refractivity contribution >= 4 is 39.8 Å². The molecule has 0 radical (unpaired) electrons. The summed E-state index contributed by atoms with van der Waals surface area (Å²) in [6.45, 7) is 3.27. The Labute approximate surface area is 214 Å². The van der Waals surface area contributed by atoms with E-state index in [0.29, 0.717) is 22.7 Å². The minimum absolute atomic E-state index is 0.0330. The molecule has 11 nitrogen and oxygen atoms in total. The third-order valence-corrected chi connectivity index (χ3v) is 6.41. The number of thiophene rings is 1. The highest BCUT2D eigenvalue weighted by atomic mass is 32.1. The summed E-state index contributed by atoms with van der Waals surface area (Å²) < 4.78 is 16.2. The van der Waals surface area contributed by atoms with E-state index in [0.717, 1.165) is 16.0 Å². The van der Waals surface area contributed by atoms with Crippen LogP contribution in [0.3, 0.4) is 0 Å². The summed E-state index contributed by atoms with van der Waals surface area (Å²) in [4.78, 5) is 42.3. The number of aliphatic imine (C=N–C) groups is 1. The number of anilines is 1. The van der Waals surface area contributed by atoms with Crippen molar-refractivity contribution in [2.24, 2.45) is 4.99 Å². The summed E-state index contributed by atoms with van der Waals surface area (Å²) in [6.07, 6.45) is 0. The summed E-state index contributed by atoms with van der Waals surface area (Å²) >= 11 is 0.837. The van der Waals surface area contributed by atoms with Gasteiger partial charge in [-0.1, -0.05) is 18.2 Å². The summed E-state index contributed by atoms with van der Waals surface area (Å²) in [5.41, 5.74) is -0.167. The molecule has 0 unspecified atom stereocenters. The first-order valence-corrected chi connectivity index (χ1v) is 11.9. The number of nitrogens with zero attached hydrogens (tertiary/aromatic N) is 2. The molecule has 0 aliphatic rings. The zero-order valence-corrected chi connectivity index (χ0v) is 20.9. The molecule has 0 atom stereocenters. The number of para-hydroxylation sites is 1. The number of hydrogen-bond donors (Lipinski definition) is 2. The van der Waals surface area contributed by atoms with E-state index in [2.05, 4.69) is 15.6 Å². The number of carbonyl (C=O) groups is 2. The molecule has 0 bridgehead atoms. The molecule has 2 heterocycles. The van der Waals surface area contributed by atoms with Crippen molar-refractivity contribution in [3.8, 4) is 11.4 Å². The van der Waals surface area contributed by atoms with Crippen LogP contribution in [0, 0.1) is 6.92 Å². The highest BCUT2D eigenvalue weighted by Crippen LogP contribution is 2.36. The molecule has 2 aromatic heterocycles. The van der Waals surface area contributed by atoms with E-state index in [-0.39, 0.29) is 22.0 Å². The molecule has 2 N–H and O–H groups in total. The topological polar surface area (TPSA) is 150 Å². The Balaban J connectivity index is 1.77. The number of hydrogen-bond acceptors (Lipinski definition) is 9. The third kappa shape index (κ3) is 5.28. The SMILES string of the molecule is CCOC(=O)c1c(/N=C(\[O-])c2c(=O)o[nH][n+]2-c2ccc(OC)cc2)sc(C(=O)Nc2ccccc2)c1C. The lowest BCUT2D eigenvalue weighted by molar-refractivity contribution is -0.673. The van der Waals surface area contributed by atoms with Gasteiger partial charge in [-0.05, 0) is 53.6 Å². The number of H-pyrrole nitrogens is 1. The number of carbonyl (C=O) groups excluding carboxylic acids is 2. The molecule has 0 fully saturated rings. The van der Waals surface area contributed by atoms with E-state index < -0.39 is 29.1 Å². The lowest BCUT2D eigenvalue weighted by Crippen LogP contribution is -2.44. The maximum absolute atomic E-state index is 13.2. The van der Waals surface area contributed by atoms with Crippen LogP contribution < -0.4 is 25.5 Å². The van der Waals surface area contributed by atoms with Gasteiger partial charge >= 0.3 is 17.3 Å². The predicted octanol–water partition coefficient (Wildman–Crippen LogP) is 2.49. The smallest absolute Gasteiger partial charge is 0.436 e. The van der Waals surface area contributed by atoms with Crippen LogP contribution in [0.2, 0.25) is 0 Å². The van der Waals surface area contributed by atoms with Crippen LogP contribution in [0.4, 0.5) is 10.7 Å². The van der Waals surface area contributed by atoms with Gasteiger partial charge in [-0.2, -0.15) is 0 Å². The minimum Gasteiger partial charge on any atom is -0.854 e. The quantitative estimate of drug-likeness (QED) is 0.156. The molecule has 4 rings (SSSR count). The van der Waals surface area contributed by atoms with Crippen LogP contribution in [0.1, 0.15) is 38.2 Å². The number of aromatic nitrogens is 2. The molecule has 2 aromatic carbocycles. The van der Waals surface area contributed by atoms with Crippen molar-refractivity contribution < 1.29 is 33.4 Å². The molecular weight excluding hydrogens is 500 g/mol. The zero-order chi connectivity index (χ0) is 26.5. The number of nitrogens with one attached hydrogen (secondary N) is 2. The normalized spacial score (nSPS) is 11.3. The number of methoxy groups -OCH3 is 1. The van der Waals surface area contributed by atoms with Crippen molar-refractivity contribution in [3.05, 3.63) is 86.7 Å². The van der Waals surface area contributed by atoms with E-state index in [9.17, 15) is 19.5 Å². The van der Waals surface area contributed by atoms with E-state index in [1.807, 2.05) is 6.07 Å². The standard InChI is InChI=1S/C25H22N4O7S/c1-4-35-24(32)18-14(2)20(22(31)26-15-8-6-5-7-9-15)37-23(18)27-21(30)19-25(33)36-28-29(19)16-10-12-17(34-3)13-11-16/h5-13H,4H2,1-3H3,(H2-,26,27,28,30,31,32,33). The van der Waals surface area contributed by atoms with Crippen LogP contribution >= 0.6 is 11.3 Å². The Kier molecular flexibility index (Phi) is 7.49. The Morgan fingerprint density at radius 2 is 1.86 bits per heavy atom. The first kappa shape index (κ1) is 25.4. The molecule has 4 aromatic rings. The number of esters is 1. The maximum Gasteiger partial charge on any atom is 0.436 e. The summed E-state index contributed by atoms with van der Waals surface area (Å²) in [5, 5.41) is 18.2. The Bertz CT molecular complexity index is 1520. The largest absolute Gasteiger partial charge is 0.854 e. The second-order valence-corrected chi connectivity index (χ2v) is 8.56. The fourth-order valence-corrected chi connectivity index (χ4v) is 4.52.